The zero-order valence-electron chi connectivity index (χ0n) is 23.3. The minimum atomic E-state index is -0.711. The molecule has 0 bridgehead atoms. The van der Waals surface area contributed by atoms with Crippen LogP contribution in [0.4, 0.5) is 9.18 Å². The summed E-state index contributed by atoms with van der Waals surface area (Å²) >= 11 is 12.1. The Morgan fingerprint density at radius 1 is 1.02 bits per heavy atom. The molecule has 0 saturated heterocycles. The zero-order valence-corrected chi connectivity index (χ0v) is 24.8. The summed E-state index contributed by atoms with van der Waals surface area (Å²) in [6.07, 6.45) is 2.84. The number of imidazole rings is 1. The second-order valence-corrected chi connectivity index (χ2v) is 11.4. The fraction of sp³-hybridized carbons (Fsp3) is 0.267. The van der Waals surface area contributed by atoms with Crippen LogP contribution in [0.5, 0.6) is 0 Å². The lowest BCUT2D eigenvalue weighted by atomic mass is 9.98. The Bertz CT molecular complexity index is 1690. The number of aryl methyl sites for hydroxylation is 2. The summed E-state index contributed by atoms with van der Waals surface area (Å²) in [6.45, 7) is 7.54. The van der Waals surface area contributed by atoms with Gasteiger partial charge in [-0.3, -0.25) is 4.79 Å². The van der Waals surface area contributed by atoms with Gasteiger partial charge in [0.15, 0.2) is 0 Å². The fourth-order valence-electron chi connectivity index (χ4n) is 4.19. The molecule has 0 unspecified atom stereocenters. The maximum absolute atomic E-state index is 13.8. The summed E-state index contributed by atoms with van der Waals surface area (Å²) in [5.41, 5.74) is 3.47. The molecule has 1 N–H and O–H groups in total. The molecule has 11 heteroatoms. The van der Waals surface area contributed by atoms with Crippen LogP contribution in [-0.2, 0) is 24.9 Å². The van der Waals surface area contributed by atoms with Crippen molar-refractivity contribution in [3.8, 4) is 11.1 Å². The van der Waals surface area contributed by atoms with E-state index in [-0.39, 0.29) is 19.0 Å². The molecule has 2 heterocycles. The van der Waals surface area contributed by atoms with Crippen LogP contribution in [0.1, 0.15) is 48.0 Å². The van der Waals surface area contributed by atoms with E-state index in [4.69, 9.17) is 27.9 Å². The smallest absolute Gasteiger partial charge is 0.437 e. The molecule has 0 aliphatic carbocycles. The van der Waals surface area contributed by atoms with E-state index in [2.05, 4.69) is 15.3 Å². The first-order chi connectivity index (χ1) is 19.3. The van der Waals surface area contributed by atoms with Crippen molar-refractivity contribution in [1.82, 2.24) is 19.4 Å². The molecule has 0 radical (unpaired) electrons. The van der Waals surface area contributed by atoms with Crippen LogP contribution in [0.25, 0.3) is 11.1 Å². The van der Waals surface area contributed by atoms with Crippen molar-refractivity contribution in [2.75, 3.05) is 0 Å². The molecule has 8 nitrogen and oxygen atoms in total. The van der Waals surface area contributed by atoms with Gasteiger partial charge in [-0.15, -0.1) is 4.99 Å². The molecule has 2 aromatic carbocycles. The molecule has 2 amide bonds. The summed E-state index contributed by atoms with van der Waals surface area (Å²) in [5.74, 6) is -0.904. The van der Waals surface area contributed by atoms with Crippen molar-refractivity contribution in [2.45, 2.75) is 46.4 Å². The Hall–Kier alpha value is -3.95. The number of halogens is 3. The van der Waals surface area contributed by atoms with Crippen LogP contribution in [0.15, 0.2) is 65.9 Å². The molecule has 214 valence electrons. The zero-order chi connectivity index (χ0) is 29.9. The second kappa shape index (κ2) is 12.3. The van der Waals surface area contributed by atoms with E-state index >= 15 is 0 Å². The minimum Gasteiger partial charge on any atom is -0.442 e. The number of ether oxygens (including phenoxy) is 1. The van der Waals surface area contributed by atoms with Crippen LogP contribution < -0.4 is 10.9 Å². The summed E-state index contributed by atoms with van der Waals surface area (Å²) in [5, 5.41) is 3.74. The number of aromatic nitrogens is 3. The topological polar surface area (TPSA) is 90.5 Å². The minimum absolute atomic E-state index is 0.235. The van der Waals surface area contributed by atoms with Crippen molar-refractivity contribution in [1.29, 1.82) is 0 Å². The van der Waals surface area contributed by atoms with E-state index in [1.54, 1.807) is 92.7 Å². The Balaban J connectivity index is 1.70. The average molecular weight is 599 g/mol. The molecule has 0 saturated carbocycles. The lowest BCUT2D eigenvalue weighted by Gasteiger charge is -2.17. The normalized spacial score (nSPS) is 12.0. The highest BCUT2D eigenvalue weighted by atomic mass is 35.5. The van der Waals surface area contributed by atoms with Crippen molar-refractivity contribution < 1.29 is 18.7 Å². The van der Waals surface area contributed by atoms with E-state index in [1.165, 1.54) is 6.07 Å². The predicted molar refractivity (Wildman–Crippen MR) is 156 cm³/mol. The molecule has 41 heavy (non-hydrogen) atoms. The van der Waals surface area contributed by atoms with Gasteiger partial charge in [0.1, 0.15) is 5.60 Å². The lowest BCUT2D eigenvalue weighted by molar-refractivity contribution is 0.0593. The molecule has 0 spiro atoms. The van der Waals surface area contributed by atoms with Gasteiger partial charge in [-0.2, -0.15) is 4.39 Å². The molecule has 2 aromatic heterocycles. The number of rotatable bonds is 6. The third-order valence-electron chi connectivity index (χ3n) is 6.04. The Labute approximate surface area is 247 Å². The van der Waals surface area contributed by atoms with Gasteiger partial charge in [0, 0.05) is 42.8 Å². The summed E-state index contributed by atoms with van der Waals surface area (Å²) in [7, 11) is 1.77. The highest BCUT2D eigenvalue weighted by molar-refractivity contribution is 6.42. The highest BCUT2D eigenvalue weighted by Gasteiger charge is 2.17. The maximum Gasteiger partial charge on any atom is 0.437 e. The molecule has 4 aromatic rings. The second-order valence-electron chi connectivity index (χ2n) is 10.5. The Morgan fingerprint density at radius 2 is 1.78 bits per heavy atom. The Morgan fingerprint density at radius 3 is 2.46 bits per heavy atom. The standard InChI is InChI=1S/C30H30Cl2FN5O3/c1-18-23(7-9-26(33)35-18)21-12-20(17-38-11-10-37(5)28(38)36-29(40)41-30(2,3)4)13-22(15-21)27(39)34-16-19-6-8-24(31)25(32)14-19/h6-15H,16-17H2,1-5H3,(H,34,39)/b36-28+. The number of carbonyl (C=O) groups excluding carboxylic acids is 2. The van der Waals surface area contributed by atoms with Crippen molar-refractivity contribution in [3.63, 3.8) is 0 Å². The Kier molecular flexibility index (Phi) is 8.99. The number of benzene rings is 2. The molecule has 0 aliphatic rings. The van der Waals surface area contributed by atoms with Gasteiger partial charge in [0.2, 0.25) is 11.6 Å². The first-order valence-corrected chi connectivity index (χ1v) is 13.5. The number of amides is 2. The van der Waals surface area contributed by atoms with Gasteiger partial charge in [0.05, 0.1) is 16.6 Å². The van der Waals surface area contributed by atoms with Crippen LogP contribution >= 0.6 is 23.2 Å². The van der Waals surface area contributed by atoms with Crippen molar-refractivity contribution >= 4 is 35.2 Å². The molecule has 4 rings (SSSR count). The van der Waals surface area contributed by atoms with Crippen LogP contribution in [0, 0.1) is 12.9 Å². The number of hydrogen-bond acceptors (Lipinski definition) is 4. The third kappa shape index (κ3) is 7.83. The quantitative estimate of drug-likeness (QED) is 0.258. The van der Waals surface area contributed by atoms with E-state index in [9.17, 15) is 14.0 Å². The number of carbonyl (C=O) groups is 2. The summed E-state index contributed by atoms with van der Waals surface area (Å²) in [6, 6.07) is 13.5. The molecule has 0 aliphatic heterocycles. The molecular weight excluding hydrogens is 568 g/mol. The van der Waals surface area contributed by atoms with Gasteiger partial charge < -0.3 is 19.2 Å². The van der Waals surface area contributed by atoms with Gasteiger partial charge in [-0.25, -0.2) is 9.78 Å². The number of nitrogens with one attached hydrogen (secondary N) is 1. The van der Waals surface area contributed by atoms with Gasteiger partial charge in [-0.1, -0.05) is 29.3 Å². The SMILES string of the molecule is Cc1nc(F)ccc1-c1cc(Cn2ccn(C)/c2=N\C(=O)OC(C)(C)C)cc(C(=O)NCc2ccc(Cl)c(Cl)c2)c1. The number of nitrogens with zero attached hydrogens (tertiary/aromatic N) is 4. The van der Waals surface area contributed by atoms with Crippen molar-refractivity contribution in [3.05, 3.63) is 105 Å². The lowest BCUT2D eigenvalue weighted by Crippen LogP contribution is -2.29. The highest BCUT2D eigenvalue weighted by Crippen LogP contribution is 2.26. The van der Waals surface area contributed by atoms with Crippen LogP contribution in [-0.4, -0.2) is 31.7 Å². The number of pyridine rings is 1. The van der Waals surface area contributed by atoms with Crippen LogP contribution in [0.2, 0.25) is 10.0 Å². The first kappa shape index (κ1) is 30.0. The van der Waals surface area contributed by atoms with E-state index in [0.717, 1.165) is 11.1 Å². The maximum atomic E-state index is 13.8. The van der Waals surface area contributed by atoms with Crippen LogP contribution in [0.3, 0.4) is 0 Å². The summed E-state index contributed by atoms with van der Waals surface area (Å²) in [4.78, 5) is 33.8. The molecular formula is C30H30Cl2FN5O3. The van der Waals surface area contributed by atoms with Gasteiger partial charge in [-0.05, 0) is 86.8 Å². The van der Waals surface area contributed by atoms with E-state index in [0.29, 0.717) is 38.0 Å². The largest absolute Gasteiger partial charge is 0.442 e. The monoisotopic (exact) mass is 597 g/mol. The van der Waals surface area contributed by atoms with Gasteiger partial charge in [0.25, 0.3) is 5.91 Å². The third-order valence-corrected chi connectivity index (χ3v) is 6.77. The fourth-order valence-corrected chi connectivity index (χ4v) is 4.51. The molecule has 0 atom stereocenters. The van der Waals surface area contributed by atoms with E-state index in [1.807, 2.05) is 6.07 Å². The van der Waals surface area contributed by atoms with Gasteiger partial charge >= 0.3 is 6.09 Å². The van der Waals surface area contributed by atoms with Crippen molar-refractivity contribution in [2.24, 2.45) is 12.0 Å². The number of hydrogen-bond donors (Lipinski definition) is 1. The summed E-state index contributed by atoms with van der Waals surface area (Å²) < 4.78 is 22.6. The first-order valence-electron chi connectivity index (χ1n) is 12.8. The molecule has 0 fully saturated rings. The average Bonchev–Trinajstić information content (AvgIpc) is 3.21. The van der Waals surface area contributed by atoms with E-state index < -0.39 is 17.6 Å². The predicted octanol–water partition coefficient (Wildman–Crippen LogP) is 6.46.